The third kappa shape index (κ3) is 4.76. The molecule has 1 aliphatic rings. The van der Waals surface area contributed by atoms with Crippen LogP contribution in [0.15, 0.2) is 77.2 Å². The highest BCUT2D eigenvalue weighted by Gasteiger charge is 2.31. The van der Waals surface area contributed by atoms with Crippen molar-refractivity contribution in [3.05, 3.63) is 99.9 Å². The first-order valence-electron chi connectivity index (χ1n) is 11.0. The molecular weight excluding hydrogens is 455 g/mol. The van der Waals surface area contributed by atoms with Crippen molar-refractivity contribution in [2.75, 3.05) is 31.1 Å². The first-order chi connectivity index (χ1) is 16.1. The Labute approximate surface area is 203 Å². The molecular formula is C26H24Cl2N4O. The molecule has 3 aromatic carbocycles. The van der Waals surface area contributed by atoms with Gasteiger partial charge in [-0.3, -0.25) is 4.90 Å². The van der Waals surface area contributed by atoms with E-state index in [1.54, 1.807) is 0 Å². The zero-order chi connectivity index (χ0) is 22.8. The number of anilines is 1. The molecule has 0 saturated carbocycles. The Balaban J connectivity index is 1.42. The van der Waals surface area contributed by atoms with Gasteiger partial charge in [0, 0.05) is 47.5 Å². The summed E-state index contributed by atoms with van der Waals surface area (Å²) in [4.78, 5) is 4.78. The summed E-state index contributed by atoms with van der Waals surface area (Å²) in [6.07, 6.45) is 0. The van der Waals surface area contributed by atoms with Crippen molar-refractivity contribution in [1.82, 2.24) is 15.1 Å². The van der Waals surface area contributed by atoms with E-state index >= 15 is 0 Å². The smallest absolute Gasteiger partial charge is 0.247 e. The second-order valence-corrected chi connectivity index (χ2v) is 9.09. The number of piperazine rings is 1. The van der Waals surface area contributed by atoms with Gasteiger partial charge < -0.3 is 9.32 Å². The van der Waals surface area contributed by atoms with E-state index in [1.807, 2.05) is 66.7 Å². The molecule has 5 nitrogen and oxygen atoms in total. The minimum Gasteiger partial charge on any atom is -0.419 e. The van der Waals surface area contributed by atoms with Gasteiger partial charge in [0.2, 0.25) is 11.8 Å². The maximum Gasteiger partial charge on any atom is 0.247 e. The molecule has 1 saturated heterocycles. The van der Waals surface area contributed by atoms with Gasteiger partial charge in [0.15, 0.2) is 0 Å². The molecule has 0 unspecified atom stereocenters. The lowest BCUT2D eigenvalue weighted by Gasteiger charge is -2.39. The maximum absolute atomic E-state index is 6.27. The van der Waals surface area contributed by atoms with Gasteiger partial charge >= 0.3 is 0 Å². The lowest BCUT2D eigenvalue weighted by molar-refractivity contribution is 0.188. The van der Waals surface area contributed by atoms with Crippen molar-refractivity contribution in [2.24, 2.45) is 0 Å². The lowest BCUT2D eigenvalue weighted by Crippen LogP contribution is -2.48. The van der Waals surface area contributed by atoms with Crippen LogP contribution in [-0.2, 0) is 0 Å². The van der Waals surface area contributed by atoms with Crippen LogP contribution in [-0.4, -0.2) is 41.3 Å². The Morgan fingerprint density at radius 3 is 2.24 bits per heavy atom. The van der Waals surface area contributed by atoms with E-state index in [9.17, 15) is 0 Å². The Kier molecular flexibility index (Phi) is 6.36. The summed E-state index contributed by atoms with van der Waals surface area (Å²) in [6.45, 7) is 5.58. The van der Waals surface area contributed by atoms with Crippen LogP contribution in [0.5, 0.6) is 0 Å². The average Bonchev–Trinajstić information content (AvgIpc) is 3.33. The first kappa shape index (κ1) is 22.0. The van der Waals surface area contributed by atoms with Gasteiger partial charge in [-0.25, -0.2) is 0 Å². The average molecular weight is 479 g/mol. The number of halogens is 2. The van der Waals surface area contributed by atoms with E-state index < -0.39 is 0 Å². The number of nitrogens with zero attached hydrogens (tertiary/aromatic N) is 4. The minimum absolute atomic E-state index is 0.144. The fraction of sp³-hybridized carbons (Fsp3) is 0.231. The molecule has 4 aromatic rings. The highest BCUT2D eigenvalue weighted by atomic mass is 35.5. The van der Waals surface area contributed by atoms with Crippen molar-refractivity contribution < 1.29 is 4.42 Å². The lowest BCUT2D eigenvalue weighted by atomic mass is 10.0. The summed E-state index contributed by atoms with van der Waals surface area (Å²) in [6, 6.07) is 23.6. The number of aryl methyl sites for hydroxylation is 1. The van der Waals surface area contributed by atoms with E-state index in [1.165, 1.54) is 11.3 Å². The number of hydrogen-bond acceptors (Lipinski definition) is 5. The van der Waals surface area contributed by atoms with Gasteiger partial charge in [-0.1, -0.05) is 59.6 Å². The highest BCUT2D eigenvalue weighted by molar-refractivity contribution is 6.31. The van der Waals surface area contributed by atoms with Gasteiger partial charge in [0.05, 0.1) is 0 Å². The van der Waals surface area contributed by atoms with Crippen LogP contribution >= 0.6 is 23.2 Å². The SMILES string of the molecule is Cc1ccc(Cl)cc1N1CCN([C@H](c2ccc(Cl)cc2)c2nnc(-c3ccccc3)o2)CC1. The number of benzene rings is 3. The number of rotatable bonds is 5. The van der Waals surface area contributed by atoms with Crippen LogP contribution in [0, 0.1) is 6.92 Å². The van der Waals surface area contributed by atoms with Crippen LogP contribution < -0.4 is 4.90 Å². The first-order valence-corrected chi connectivity index (χ1v) is 11.7. The Hall–Kier alpha value is -2.86. The fourth-order valence-electron chi connectivity index (χ4n) is 4.34. The molecule has 1 aromatic heterocycles. The predicted molar refractivity (Wildman–Crippen MR) is 133 cm³/mol. The zero-order valence-corrected chi connectivity index (χ0v) is 19.8. The standard InChI is InChI=1S/C26H24Cl2N4O/c1-18-7-10-22(28)17-23(18)31-13-15-32(16-14-31)24(19-8-11-21(27)12-9-19)26-30-29-25(33-26)20-5-3-2-4-6-20/h2-12,17,24H,13-16H2,1H3/t24-/m1/s1. The van der Waals surface area contributed by atoms with Gasteiger partial charge in [-0.2, -0.15) is 0 Å². The van der Waals surface area contributed by atoms with E-state index in [2.05, 4.69) is 33.0 Å². The molecule has 7 heteroatoms. The third-order valence-corrected chi connectivity index (χ3v) is 6.56. The summed E-state index contributed by atoms with van der Waals surface area (Å²) >= 11 is 12.4. The molecule has 0 radical (unpaired) electrons. The molecule has 0 amide bonds. The summed E-state index contributed by atoms with van der Waals surface area (Å²) in [5.74, 6) is 1.11. The van der Waals surface area contributed by atoms with E-state index in [-0.39, 0.29) is 6.04 Å². The molecule has 2 heterocycles. The van der Waals surface area contributed by atoms with E-state index in [0.29, 0.717) is 16.8 Å². The van der Waals surface area contributed by atoms with Crippen molar-refractivity contribution in [3.63, 3.8) is 0 Å². The molecule has 33 heavy (non-hydrogen) atoms. The largest absolute Gasteiger partial charge is 0.419 e. The molecule has 0 N–H and O–H groups in total. The number of aromatic nitrogens is 2. The maximum atomic E-state index is 6.27. The third-order valence-electron chi connectivity index (χ3n) is 6.07. The van der Waals surface area contributed by atoms with Crippen LogP contribution in [0.1, 0.15) is 23.1 Å². The van der Waals surface area contributed by atoms with Gasteiger partial charge in [-0.15, -0.1) is 10.2 Å². The predicted octanol–water partition coefficient (Wildman–Crippen LogP) is 6.26. The molecule has 1 aliphatic heterocycles. The molecule has 1 fully saturated rings. The van der Waals surface area contributed by atoms with Crippen molar-refractivity contribution >= 4 is 28.9 Å². The second kappa shape index (κ2) is 9.56. The Morgan fingerprint density at radius 1 is 0.818 bits per heavy atom. The van der Waals surface area contributed by atoms with E-state index in [4.69, 9.17) is 27.6 Å². The van der Waals surface area contributed by atoms with Gasteiger partial charge in [0.1, 0.15) is 6.04 Å². The van der Waals surface area contributed by atoms with Crippen molar-refractivity contribution in [3.8, 4) is 11.5 Å². The molecule has 0 spiro atoms. The summed E-state index contributed by atoms with van der Waals surface area (Å²) in [5, 5.41) is 10.2. The summed E-state index contributed by atoms with van der Waals surface area (Å²) < 4.78 is 6.19. The molecule has 168 valence electrons. The van der Waals surface area contributed by atoms with Gasteiger partial charge in [-0.05, 0) is 54.4 Å². The Bertz CT molecular complexity index is 1220. The molecule has 0 aliphatic carbocycles. The Morgan fingerprint density at radius 2 is 1.52 bits per heavy atom. The topological polar surface area (TPSA) is 45.4 Å². The molecule has 1 atom stereocenters. The van der Waals surface area contributed by atoms with Crippen LogP contribution in [0.4, 0.5) is 5.69 Å². The quantitative estimate of drug-likeness (QED) is 0.338. The monoisotopic (exact) mass is 478 g/mol. The van der Waals surface area contributed by atoms with Crippen LogP contribution in [0.25, 0.3) is 11.5 Å². The normalized spacial score (nSPS) is 15.5. The molecule has 5 rings (SSSR count). The highest BCUT2D eigenvalue weighted by Crippen LogP contribution is 2.33. The van der Waals surface area contributed by atoms with E-state index in [0.717, 1.165) is 42.3 Å². The zero-order valence-electron chi connectivity index (χ0n) is 18.3. The number of hydrogen-bond donors (Lipinski definition) is 0. The fourth-order valence-corrected chi connectivity index (χ4v) is 4.63. The van der Waals surface area contributed by atoms with Crippen molar-refractivity contribution in [2.45, 2.75) is 13.0 Å². The minimum atomic E-state index is -0.144. The second-order valence-electron chi connectivity index (χ2n) is 8.22. The van der Waals surface area contributed by atoms with Crippen LogP contribution in [0.2, 0.25) is 10.0 Å². The molecule has 0 bridgehead atoms. The van der Waals surface area contributed by atoms with Gasteiger partial charge in [0.25, 0.3) is 0 Å². The summed E-state index contributed by atoms with van der Waals surface area (Å²) in [7, 11) is 0. The van der Waals surface area contributed by atoms with Crippen molar-refractivity contribution in [1.29, 1.82) is 0 Å². The summed E-state index contributed by atoms with van der Waals surface area (Å²) in [5.41, 5.74) is 4.41. The van der Waals surface area contributed by atoms with Crippen LogP contribution in [0.3, 0.4) is 0 Å².